The molecule has 0 aliphatic rings. The Balaban J connectivity index is 4.08. The first kappa shape index (κ1) is 18.2. The molecule has 0 radical (unpaired) electrons. The molecule has 0 aliphatic carbocycles. The van der Waals surface area contributed by atoms with Gasteiger partial charge in [-0.05, 0) is 6.08 Å². The maximum Gasteiger partial charge on any atom is 0.500 e. The number of carbonyl (C=O) groups is 1. The van der Waals surface area contributed by atoms with Gasteiger partial charge in [-0.2, -0.15) is 0 Å². The normalized spacial score (nSPS) is 13.1. The van der Waals surface area contributed by atoms with Crippen molar-refractivity contribution < 1.29 is 27.9 Å². The van der Waals surface area contributed by atoms with Crippen molar-refractivity contribution in [3.63, 3.8) is 0 Å². The SMILES string of the molecule is C=CC(=O)N(C)COC(O)CC[Si](OC)(OC)OC. The van der Waals surface area contributed by atoms with Crippen LogP contribution in [0.2, 0.25) is 6.04 Å². The van der Waals surface area contributed by atoms with E-state index in [4.69, 9.17) is 18.0 Å². The Kier molecular flexibility index (Phi) is 8.81. The quantitative estimate of drug-likeness (QED) is 0.352. The number of rotatable bonds is 10. The van der Waals surface area contributed by atoms with Gasteiger partial charge in [-0.3, -0.25) is 4.79 Å². The first-order valence-electron chi connectivity index (χ1n) is 5.77. The number of hydrogen-bond acceptors (Lipinski definition) is 6. The Morgan fingerprint density at radius 3 is 2.32 bits per heavy atom. The summed E-state index contributed by atoms with van der Waals surface area (Å²) in [5.74, 6) is -0.276. The summed E-state index contributed by atoms with van der Waals surface area (Å²) in [5.41, 5.74) is 0. The van der Waals surface area contributed by atoms with Crippen molar-refractivity contribution in [3.8, 4) is 0 Å². The number of ether oxygens (including phenoxy) is 1. The van der Waals surface area contributed by atoms with E-state index in [0.717, 1.165) is 0 Å². The van der Waals surface area contributed by atoms with Crippen LogP contribution in [0.4, 0.5) is 0 Å². The Morgan fingerprint density at radius 2 is 1.89 bits per heavy atom. The van der Waals surface area contributed by atoms with E-state index in [9.17, 15) is 9.90 Å². The molecular formula is C11H23NO6Si. The van der Waals surface area contributed by atoms with Crippen LogP contribution < -0.4 is 0 Å². The van der Waals surface area contributed by atoms with Crippen LogP contribution in [0.5, 0.6) is 0 Å². The van der Waals surface area contributed by atoms with Gasteiger partial charge >= 0.3 is 8.80 Å². The molecule has 0 saturated heterocycles. The number of amides is 1. The maximum absolute atomic E-state index is 11.2. The lowest BCUT2D eigenvalue weighted by molar-refractivity contribution is -0.149. The minimum Gasteiger partial charge on any atom is -0.377 e. The second kappa shape index (κ2) is 9.18. The van der Waals surface area contributed by atoms with Crippen molar-refractivity contribution in [2.45, 2.75) is 18.8 Å². The molecule has 0 heterocycles. The first-order valence-corrected chi connectivity index (χ1v) is 7.70. The Labute approximate surface area is 115 Å². The molecule has 1 unspecified atom stereocenters. The molecule has 0 bridgehead atoms. The molecule has 1 N–H and O–H groups in total. The molecule has 0 rings (SSSR count). The van der Waals surface area contributed by atoms with Gasteiger partial charge in [-0.25, -0.2) is 0 Å². The summed E-state index contributed by atoms with van der Waals surface area (Å²) < 4.78 is 20.8. The van der Waals surface area contributed by atoms with Crippen LogP contribution in [0.15, 0.2) is 12.7 Å². The lowest BCUT2D eigenvalue weighted by Crippen LogP contribution is -2.43. The molecule has 8 heteroatoms. The van der Waals surface area contributed by atoms with E-state index >= 15 is 0 Å². The zero-order valence-corrected chi connectivity index (χ0v) is 12.9. The average molecular weight is 293 g/mol. The minimum absolute atomic E-state index is 0.0203. The Bertz CT molecular complexity index is 276. The summed E-state index contributed by atoms with van der Waals surface area (Å²) in [6, 6.07) is 0.413. The molecule has 0 aromatic rings. The largest absolute Gasteiger partial charge is 0.500 e. The zero-order valence-electron chi connectivity index (χ0n) is 11.9. The minimum atomic E-state index is -2.70. The Morgan fingerprint density at radius 1 is 1.37 bits per heavy atom. The summed E-state index contributed by atoms with van der Waals surface area (Å²) in [7, 11) is 3.36. The number of likely N-dealkylation sites (N-methyl/N-ethyl adjacent to an activating group) is 1. The topological polar surface area (TPSA) is 77.5 Å². The molecule has 0 aliphatic heterocycles. The first-order chi connectivity index (χ1) is 8.94. The van der Waals surface area contributed by atoms with Crippen LogP contribution in [0.25, 0.3) is 0 Å². The number of aliphatic hydroxyl groups excluding tert-OH is 1. The molecule has 7 nitrogen and oxygen atoms in total. The Hall–Kier alpha value is -0.773. The summed E-state index contributed by atoms with van der Waals surface area (Å²) in [6.07, 6.45) is 0.444. The van der Waals surface area contributed by atoms with Crippen LogP contribution in [-0.4, -0.2) is 66.1 Å². The third kappa shape index (κ3) is 6.28. The van der Waals surface area contributed by atoms with Crippen LogP contribution in [0, 0.1) is 0 Å². The van der Waals surface area contributed by atoms with Gasteiger partial charge in [-0.15, -0.1) is 0 Å². The molecular weight excluding hydrogens is 270 g/mol. The van der Waals surface area contributed by atoms with E-state index in [1.54, 1.807) is 7.05 Å². The van der Waals surface area contributed by atoms with Gasteiger partial charge in [0.25, 0.3) is 0 Å². The monoisotopic (exact) mass is 293 g/mol. The summed E-state index contributed by atoms with van der Waals surface area (Å²) in [4.78, 5) is 12.5. The van der Waals surface area contributed by atoms with Crippen molar-refractivity contribution in [2.24, 2.45) is 0 Å². The standard InChI is InChI=1S/C11H23NO6Si/c1-6-10(13)12(2)9-18-11(14)7-8-19(15-3,16-4)17-5/h6,11,14H,1,7-9H2,2-5H3. The third-order valence-electron chi connectivity index (χ3n) is 2.64. The van der Waals surface area contributed by atoms with Gasteiger partial charge < -0.3 is 28.0 Å². The van der Waals surface area contributed by atoms with Crippen molar-refractivity contribution in [1.29, 1.82) is 0 Å². The maximum atomic E-state index is 11.2. The molecule has 0 spiro atoms. The summed E-state index contributed by atoms with van der Waals surface area (Å²) in [6.45, 7) is 3.34. The number of carbonyl (C=O) groups excluding carboxylic acids is 1. The lowest BCUT2D eigenvalue weighted by Gasteiger charge is -2.25. The number of aliphatic hydroxyl groups is 1. The van der Waals surface area contributed by atoms with E-state index in [2.05, 4.69) is 6.58 Å². The molecule has 1 atom stereocenters. The number of hydrogen-bond donors (Lipinski definition) is 1. The average Bonchev–Trinajstić information content (AvgIpc) is 2.45. The van der Waals surface area contributed by atoms with Crippen molar-refractivity contribution in [2.75, 3.05) is 35.1 Å². The smallest absolute Gasteiger partial charge is 0.377 e. The third-order valence-corrected chi connectivity index (χ3v) is 5.41. The molecule has 0 saturated carbocycles. The van der Waals surface area contributed by atoms with Crippen molar-refractivity contribution in [3.05, 3.63) is 12.7 Å². The van der Waals surface area contributed by atoms with Gasteiger partial charge in [0.15, 0.2) is 6.29 Å². The fourth-order valence-electron chi connectivity index (χ4n) is 1.36. The van der Waals surface area contributed by atoms with Crippen LogP contribution in [0.3, 0.4) is 0 Å². The van der Waals surface area contributed by atoms with E-state index in [-0.39, 0.29) is 19.1 Å². The van der Waals surface area contributed by atoms with E-state index in [1.807, 2.05) is 0 Å². The molecule has 0 fully saturated rings. The molecule has 19 heavy (non-hydrogen) atoms. The van der Waals surface area contributed by atoms with Gasteiger partial charge in [0.05, 0.1) is 0 Å². The fraction of sp³-hybridized carbons (Fsp3) is 0.727. The second-order valence-electron chi connectivity index (χ2n) is 3.82. The van der Waals surface area contributed by atoms with Gasteiger partial charge in [0.1, 0.15) is 6.73 Å². The van der Waals surface area contributed by atoms with E-state index in [0.29, 0.717) is 6.04 Å². The van der Waals surface area contributed by atoms with Gasteiger partial charge in [0, 0.05) is 40.8 Å². The number of nitrogens with zero attached hydrogens (tertiary/aromatic N) is 1. The van der Waals surface area contributed by atoms with Crippen molar-refractivity contribution in [1.82, 2.24) is 4.90 Å². The second-order valence-corrected chi connectivity index (χ2v) is 6.92. The fourth-order valence-corrected chi connectivity index (χ4v) is 3.07. The molecule has 112 valence electrons. The summed E-state index contributed by atoms with van der Waals surface area (Å²) >= 11 is 0. The molecule has 1 amide bonds. The highest BCUT2D eigenvalue weighted by Gasteiger charge is 2.38. The van der Waals surface area contributed by atoms with E-state index < -0.39 is 15.1 Å². The van der Waals surface area contributed by atoms with Crippen LogP contribution >= 0.6 is 0 Å². The highest BCUT2D eigenvalue weighted by Crippen LogP contribution is 2.16. The van der Waals surface area contributed by atoms with E-state index in [1.165, 1.54) is 32.3 Å². The zero-order chi connectivity index (χ0) is 14.9. The van der Waals surface area contributed by atoms with Crippen molar-refractivity contribution >= 4 is 14.7 Å². The highest BCUT2D eigenvalue weighted by molar-refractivity contribution is 6.60. The molecule has 0 aromatic carbocycles. The molecule has 0 aromatic heterocycles. The van der Waals surface area contributed by atoms with Gasteiger partial charge in [-0.1, -0.05) is 6.58 Å². The predicted octanol–water partition coefficient (Wildman–Crippen LogP) is 0.192. The predicted molar refractivity (Wildman–Crippen MR) is 71.1 cm³/mol. The summed E-state index contributed by atoms with van der Waals surface area (Å²) in [5, 5.41) is 9.67. The van der Waals surface area contributed by atoms with Crippen LogP contribution in [-0.2, 0) is 22.8 Å². The van der Waals surface area contributed by atoms with Gasteiger partial charge in [0.2, 0.25) is 5.91 Å². The highest BCUT2D eigenvalue weighted by atomic mass is 28.4. The van der Waals surface area contributed by atoms with Crippen LogP contribution in [0.1, 0.15) is 6.42 Å². The lowest BCUT2D eigenvalue weighted by atomic mass is 10.5.